The molecule has 1 saturated heterocycles. The number of nitrogens with one attached hydrogen (secondary N) is 1. The number of nitrogens with zero attached hydrogens (tertiary/aromatic N) is 4. The van der Waals surface area contributed by atoms with Gasteiger partial charge in [0.05, 0.1) is 22.8 Å². The normalized spacial score (nSPS) is 18.9. The highest BCUT2D eigenvalue weighted by Crippen LogP contribution is 2.35. The van der Waals surface area contributed by atoms with Crippen LogP contribution in [0.3, 0.4) is 0 Å². The number of aryl methyl sites for hydroxylation is 1. The van der Waals surface area contributed by atoms with E-state index < -0.39 is 22.0 Å². The molecule has 1 aromatic carbocycles. The Morgan fingerprint density at radius 2 is 1.89 bits per heavy atom. The number of hydrogen-bond donors (Lipinski definition) is 2. The summed E-state index contributed by atoms with van der Waals surface area (Å²) in [6.45, 7) is 4.02. The highest BCUT2D eigenvalue weighted by Gasteiger charge is 2.38. The molecule has 2 N–H and O–H groups in total. The van der Waals surface area contributed by atoms with Gasteiger partial charge in [0.1, 0.15) is 17.6 Å². The van der Waals surface area contributed by atoms with Crippen molar-refractivity contribution >= 4 is 21.5 Å². The molecule has 1 unspecified atom stereocenters. The maximum Gasteiger partial charge on any atom is 0.322 e. The number of carboxylic acid groups (broad SMARTS) is 1. The number of hydrogen-bond acceptors (Lipinski definition) is 7. The van der Waals surface area contributed by atoms with Gasteiger partial charge in [-0.25, -0.2) is 17.9 Å². The second-order valence-corrected chi connectivity index (χ2v) is 11.5. The quantitative estimate of drug-likeness (QED) is 0.457. The zero-order valence-corrected chi connectivity index (χ0v) is 21.8. The maximum absolute atomic E-state index is 13.6. The highest BCUT2D eigenvalue weighted by atomic mass is 32.2. The van der Waals surface area contributed by atoms with Crippen LogP contribution in [0.4, 0.5) is 0 Å². The third-order valence-corrected chi connectivity index (χ3v) is 9.18. The van der Waals surface area contributed by atoms with Crippen molar-refractivity contribution in [3.05, 3.63) is 40.1 Å². The predicted octanol–water partition coefficient (Wildman–Crippen LogP) is 3.71. The zero-order chi connectivity index (χ0) is 26.3. The first-order valence-electron chi connectivity index (χ1n) is 12.7. The summed E-state index contributed by atoms with van der Waals surface area (Å²) >= 11 is 0. The number of aliphatic carboxylic acids is 1. The van der Waals surface area contributed by atoms with Crippen LogP contribution in [-0.4, -0.2) is 62.6 Å². The van der Waals surface area contributed by atoms with E-state index in [9.17, 15) is 23.1 Å². The molecule has 0 spiro atoms. The summed E-state index contributed by atoms with van der Waals surface area (Å²) < 4.78 is 35.6. The SMILES string of the molecule is C.CCOc1ccc(S(=O)(=O)N2CCCCC2C(=O)O)cc1-c1nn2c(C3CCCC3)nc(C)c2c(=O)[nH]1. The molecule has 2 fully saturated rings. The minimum Gasteiger partial charge on any atom is -0.493 e. The van der Waals surface area contributed by atoms with Gasteiger partial charge >= 0.3 is 5.97 Å². The van der Waals surface area contributed by atoms with Gasteiger partial charge < -0.3 is 14.8 Å². The number of piperidine rings is 1. The van der Waals surface area contributed by atoms with Gasteiger partial charge in [-0.3, -0.25) is 9.59 Å². The number of benzene rings is 1. The van der Waals surface area contributed by atoms with Gasteiger partial charge in [-0.05, 0) is 64.2 Å². The lowest BCUT2D eigenvalue weighted by Crippen LogP contribution is -2.47. The first-order valence-corrected chi connectivity index (χ1v) is 14.2. The molecule has 1 aliphatic carbocycles. The molecule has 206 valence electrons. The third kappa shape index (κ3) is 4.82. The lowest BCUT2D eigenvalue weighted by Gasteiger charge is -2.32. The Balaban J connectivity index is 0.00000336. The van der Waals surface area contributed by atoms with E-state index in [0.29, 0.717) is 42.0 Å². The van der Waals surface area contributed by atoms with Crippen LogP contribution in [0.15, 0.2) is 27.9 Å². The lowest BCUT2D eigenvalue weighted by atomic mass is 10.1. The number of ether oxygens (including phenoxy) is 1. The van der Waals surface area contributed by atoms with E-state index >= 15 is 0 Å². The molecule has 38 heavy (non-hydrogen) atoms. The Bertz CT molecular complexity index is 1510. The lowest BCUT2D eigenvalue weighted by molar-refractivity contribution is -0.142. The van der Waals surface area contributed by atoms with Gasteiger partial charge in [0.2, 0.25) is 10.0 Å². The van der Waals surface area contributed by atoms with E-state index in [0.717, 1.165) is 35.8 Å². The molecule has 0 radical (unpaired) electrons. The summed E-state index contributed by atoms with van der Waals surface area (Å²) in [6, 6.07) is 3.20. The Labute approximate surface area is 221 Å². The molecular formula is C26H35N5O6S. The van der Waals surface area contributed by atoms with Crippen LogP contribution in [0.2, 0.25) is 0 Å². The predicted molar refractivity (Wildman–Crippen MR) is 142 cm³/mol. The van der Waals surface area contributed by atoms with E-state index in [4.69, 9.17) is 9.84 Å². The van der Waals surface area contributed by atoms with Crippen molar-refractivity contribution in [2.24, 2.45) is 0 Å². The summed E-state index contributed by atoms with van der Waals surface area (Å²) in [5.41, 5.74) is 0.879. The Morgan fingerprint density at radius 1 is 1.18 bits per heavy atom. The van der Waals surface area contributed by atoms with Crippen LogP contribution in [0.25, 0.3) is 16.9 Å². The average Bonchev–Trinajstić information content (AvgIpc) is 3.52. The van der Waals surface area contributed by atoms with Crippen LogP contribution in [0.1, 0.15) is 76.7 Å². The van der Waals surface area contributed by atoms with Gasteiger partial charge in [-0.1, -0.05) is 20.3 Å². The van der Waals surface area contributed by atoms with Crippen molar-refractivity contribution in [1.82, 2.24) is 23.9 Å². The Kier molecular flexibility index (Phi) is 7.93. The van der Waals surface area contributed by atoms with Crippen molar-refractivity contribution in [2.75, 3.05) is 13.2 Å². The van der Waals surface area contributed by atoms with Crippen LogP contribution < -0.4 is 10.3 Å². The topological polar surface area (TPSA) is 147 Å². The van der Waals surface area contributed by atoms with Crippen LogP contribution in [0.5, 0.6) is 5.75 Å². The summed E-state index contributed by atoms with van der Waals surface area (Å²) in [4.78, 5) is 32.3. The van der Waals surface area contributed by atoms with Crippen LogP contribution >= 0.6 is 0 Å². The Hall–Kier alpha value is -3.25. The van der Waals surface area contributed by atoms with E-state index in [1.807, 2.05) is 0 Å². The minimum absolute atomic E-state index is 0. The molecule has 0 amide bonds. The van der Waals surface area contributed by atoms with Gasteiger partial charge in [-0.2, -0.15) is 4.31 Å². The largest absolute Gasteiger partial charge is 0.493 e. The molecule has 11 nitrogen and oxygen atoms in total. The van der Waals surface area contributed by atoms with E-state index in [1.54, 1.807) is 18.4 Å². The van der Waals surface area contributed by atoms with Gasteiger partial charge in [0.25, 0.3) is 5.56 Å². The number of aromatic amines is 1. The molecule has 0 bridgehead atoms. The number of H-pyrrole nitrogens is 1. The number of sulfonamides is 1. The number of carboxylic acids is 1. The van der Waals surface area contributed by atoms with E-state index in [2.05, 4.69) is 9.97 Å². The van der Waals surface area contributed by atoms with Crippen LogP contribution in [0, 0.1) is 6.92 Å². The molecule has 1 aliphatic heterocycles. The molecule has 5 rings (SSSR count). The first kappa shape index (κ1) is 27.8. The fourth-order valence-corrected chi connectivity index (χ4v) is 7.15. The van der Waals surface area contributed by atoms with Crippen molar-refractivity contribution in [2.45, 2.75) is 83.1 Å². The first-order chi connectivity index (χ1) is 17.7. The third-order valence-electron chi connectivity index (χ3n) is 7.27. The van der Waals surface area contributed by atoms with E-state index in [1.165, 1.54) is 18.2 Å². The van der Waals surface area contributed by atoms with E-state index in [-0.39, 0.29) is 42.6 Å². The summed E-state index contributed by atoms with van der Waals surface area (Å²) in [5, 5.41) is 14.3. The van der Waals surface area contributed by atoms with Crippen molar-refractivity contribution in [3.8, 4) is 17.1 Å². The number of imidazole rings is 1. The molecule has 1 saturated carbocycles. The van der Waals surface area contributed by atoms with Crippen molar-refractivity contribution in [3.63, 3.8) is 0 Å². The van der Waals surface area contributed by atoms with Gasteiger partial charge in [0, 0.05) is 12.5 Å². The number of carbonyl (C=O) groups is 1. The average molecular weight is 546 g/mol. The van der Waals surface area contributed by atoms with Crippen molar-refractivity contribution < 1.29 is 23.1 Å². The smallest absolute Gasteiger partial charge is 0.322 e. The number of aromatic nitrogens is 4. The van der Waals surface area contributed by atoms with Gasteiger partial charge in [-0.15, -0.1) is 5.10 Å². The molecule has 2 aliphatic rings. The van der Waals surface area contributed by atoms with Gasteiger partial charge in [0.15, 0.2) is 11.3 Å². The second kappa shape index (κ2) is 10.9. The fourth-order valence-electron chi connectivity index (χ4n) is 5.47. The molecule has 1 atom stereocenters. The zero-order valence-electron chi connectivity index (χ0n) is 20.9. The standard InChI is InChI=1S/C25H31N5O6S.CH4/c1-3-36-20-12-11-17(37(34,35)29-13-7-6-10-19(29)25(32)33)14-18(20)22-27-24(31)21-15(2)26-23(30(21)28-22)16-8-4-5-9-16;/h11-12,14,16,19H,3-10,13H2,1-2H3,(H,32,33)(H,27,28,31);1H4. The second-order valence-electron chi connectivity index (χ2n) is 9.66. The molecule has 3 heterocycles. The molecule has 3 aromatic rings. The van der Waals surface area contributed by atoms with Crippen LogP contribution in [-0.2, 0) is 14.8 Å². The van der Waals surface area contributed by atoms with Crippen molar-refractivity contribution in [1.29, 1.82) is 0 Å². The number of rotatable bonds is 7. The molecule has 2 aromatic heterocycles. The summed E-state index contributed by atoms with van der Waals surface area (Å²) in [7, 11) is -4.13. The fraction of sp³-hybridized carbons (Fsp3) is 0.538. The summed E-state index contributed by atoms with van der Waals surface area (Å²) in [6.07, 6.45) is 5.63. The molecular weight excluding hydrogens is 510 g/mol. The molecule has 12 heteroatoms. The monoisotopic (exact) mass is 545 g/mol. The highest BCUT2D eigenvalue weighted by molar-refractivity contribution is 7.89. The number of fused-ring (bicyclic) bond motifs is 1. The minimum atomic E-state index is -4.13. The summed E-state index contributed by atoms with van der Waals surface area (Å²) in [5.74, 6) is 0.283. The maximum atomic E-state index is 13.6. The Morgan fingerprint density at radius 3 is 2.58 bits per heavy atom.